The van der Waals surface area contributed by atoms with Gasteiger partial charge in [0, 0.05) is 38.1 Å². The molecule has 2 atom stereocenters. The van der Waals surface area contributed by atoms with Crippen LogP contribution < -0.4 is 5.32 Å². The highest BCUT2D eigenvalue weighted by Gasteiger charge is 2.30. The van der Waals surface area contributed by atoms with E-state index in [0.29, 0.717) is 6.54 Å². The number of carbonyl (C=O) groups is 1. The summed E-state index contributed by atoms with van der Waals surface area (Å²) in [4.78, 5) is 24.0. The van der Waals surface area contributed by atoms with Gasteiger partial charge in [0.25, 0.3) is 0 Å². The first-order valence-corrected chi connectivity index (χ1v) is 7.65. The van der Waals surface area contributed by atoms with Gasteiger partial charge in [-0.2, -0.15) is 0 Å². The molecule has 114 valence electrons. The van der Waals surface area contributed by atoms with Crippen molar-refractivity contribution in [1.29, 1.82) is 0 Å². The van der Waals surface area contributed by atoms with Gasteiger partial charge in [-0.3, -0.25) is 4.90 Å². The van der Waals surface area contributed by atoms with E-state index in [9.17, 15) is 4.79 Å². The lowest BCUT2D eigenvalue weighted by atomic mass is 10.0. The van der Waals surface area contributed by atoms with Gasteiger partial charge in [0.1, 0.15) is 5.82 Å². The average molecular weight is 289 g/mol. The zero-order valence-corrected chi connectivity index (χ0v) is 12.5. The van der Waals surface area contributed by atoms with Crippen LogP contribution in [0.15, 0.2) is 24.5 Å². The van der Waals surface area contributed by atoms with Gasteiger partial charge >= 0.3 is 6.03 Å². The van der Waals surface area contributed by atoms with Crippen molar-refractivity contribution in [3.8, 4) is 0 Å². The van der Waals surface area contributed by atoms with E-state index >= 15 is 0 Å². The van der Waals surface area contributed by atoms with Crippen LogP contribution in [0.25, 0.3) is 0 Å². The second-order valence-corrected chi connectivity index (χ2v) is 5.83. The lowest BCUT2D eigenvalue weighted by molar-refractivity contribution is 0.105. The molecule has 1 fully saturated rings. The Labute approximate surface area is 125 Å². The fraction of sp³-hybridized carbons (Fsp3) is 0.600. The SMILES string of the molecule is CN1CCN(C(=O)N[C@H]2C=CCCC2)C[C@@H]1c1ncc[nH]1. The molecule has 2 amide bonds. The molecule has 1 aliphatic carbocycles. The fourth-order valence-electron chi connectivity index (χ4n) is 3.00. The molecule has 2 N–H and O–H groups in total. The third-order valence-corrected chi connectivity index (χ3v) is 4.33. The van der Waals surface area contributed by atoms with Crippen molar-refractivity contribution < 1.29 is 4.79 Å². The Morgan fingerprint density at radius 3 is 3.10 bits per heavy atom. The van der Waals surface area contributed by atoms with Gasteiger partial charge in [-0.1, -0.05) is 12.2 Å². The monoisotopic (exact) mass is 289 g/mol. The number of piperazine rings is 1. The zero-order valence-electron chi connectivity index (χ0n) is 12.5. The van der Waals surface area contributed by atoms with Crippen molar-refractivity contribution in [2.24, 2.45) is 0 Å². The van der Waals surface area contributed by atoms with E-state index in [4.69, 9.17) is 0 Å². The molecule has 1 aromatic rings. The molecule has 1 saturated heterocycles. The van der Waals surface area contributed by atoms with Crippen molar-refractivity contribution >= 4 is 6.03 Å². The van der Waals surface area contributed by atoms with Crippen LogP contribution in [0.2, 0.25) is 0 Å². The standard InChI is InChI=1S/C15H23N5O/c1-19-9-10-20(11-13(19)14-16-7-8-17-14)15(21)18-12-5-3-2-4-6-12/h3,5,7-8,12-13H,2,4,6,9-11H2,1H3,(H,16,17)(H,18,21)/t12-,13+/m0/s1. The number of hydrogen-bond donors (Lipinski definition) is 2. The number of nitrogens with one attached hydrogen (secondary N) is 2. The van der Waals surface area contributed by atoms with Crippen molar-refractivity contribution in [2.45, 2.75) is 31.3 Å². The molecule has 0 unspecified atom stereocenters. The highest BCUT2D eigenvalue weighted by molar-refractivity contribution is 5.75. The molecule has 0 spiro atoms. The number of carbonyl (C=O) groups excluding carboxylic acids is 1. The first-order chi connectivity index (χ1) is 10.2. The third-order valence-electron chi connectivity index (χ3n) is 4.33. The van der Waals surface area contributed by atoms with Crippen LogP contribution >= 0.6 is 0 Å². The topological polar surface area (TPSA) is 64.3 Å². The summed E-state index contributed by atoms with van der Waals surface area (Å²) in [6.45, 7) is 2.29. The molecular weight excluding hydrogens is 266 g/mol. The van der Waals surface area contributed by atoms with E-state index in [1.165, 1.54) is 0 Å². The summed E-state index contributed by atoms with van der Waals surface area (Å²) in [7, 11) is 2.08. The molecular formula is C15H23N5O. The van der Waals surface area contributed by atoms with E-state index in [0.717, 1.165) is 38.2 Å². The van der Waals surface area contributed by atoms with E-state index < -0.39 is 0 Å². The molecule has 0 radical (unpaired) electrons. The van der Waals surface area contributed by atoms with Crippen molar-refractivity contribution in [1.82, 2.24) is 25.1 Å². The number of imidazole rings is 1. The van der Waals surface area contributed by atoms with E-state index in [1.807, 2.05) is 11.1 Å². The largest absolute Gasteiger partial charge is 0.347 e. The van der Waals surface area contributed by atoms with Gasteiger partial charge in [0.05, 0.1) is 6.04 Å². The first-order valence-electron chi connectivity index (χ1n) is 7.65. The Morgan fingerprint density at radius 1 is 1.48 bits per heavy atom. The number of likely N-dealkylation sites (N-methyl/N-ethyl adjacent to an activating group) is 1. The Balaban J connectivity index is 1.61. The van der Waals surface area contributed by atoms with Crippen LogP contribution in [-0.2, 0) is 0 Å². The lowest BCUT2D eigenvalue weighted by Gasteiger charge is -2.39. The van der Waals surface area contributed by atoms with Gasteiger partial charge < -0.3 is 15.2 Å². The van der Waals surface area contributed by atoms with Gasteiger partial charge in [-0.25, -0.2) is 9.78 Å². The molecule has 6 nitrogen and oxygen atoms in total. The Hall–Kier alpha value is -1.82. The van der Waals surface area contributed by atoms with Crippen LogP contribution in [0, 0.1) is 0 Å². The molecule has 0 aromatic carbocycles. The molecule has 3 rings (SSSR count). The second kappa shape index (κ2) is 6.30. The van der Waals surface area contributed by atoms with Gasteiger partial charge in [0.15, 0.2) is 0 Å². The maximum atomic E-state index is 12.4. The Bertz CT molecular complexity index is 498. The molecule has 6 heteroatoms. The summed E-state index contributed by atoms with van der Waals surface area (Å²) in [5.41, 5.74) is 0. The second-order valence-electron chi connectivity index (χ2n) is 5.83. The maximum absolute atomic E-state index is 12.4. The predicted octanol–water partition coefficient (Wildman–Crippen LogP) is 1.52. The van der Waals surface area contributed by atoms with Gasteiger partial charge in [-0.05, 0) is 26.3 Å². The normalized spacial score (nSPS) is 26.8. The van der Waals surface area contributed by atoms with E-state index in [-0.39, 0.29) is 18.1 Å². The Morgan fingerprint density at radius 2 is 2.38 bits per heavy atom. The minimum Gasteiger partial charge on any atom is -0.347 e. The van der Waals surface area contributed by atoms with Crippen LogP contribution in [0.5, 0.6) is 0 Å². The number of H-pyrrole nitrogens is 1. The summed E-state index contributed by atoms with van der Waals surface area (Å²) in [5, 5.41) is 3.12. The highest BCUT2D eigenvalue weighted by atomic mass is 16.2. The molecule has 0 bridgehead atoms. The maximum Gasteiger partial charge on any atom is 0.317 e. The highest BCUT2D eigenvalue weighted by Crippen LogP contribution is 2.21. The van der Waals surface area contributed by atoms with Crippen LogP contribution in [0.3, 0.4) is 0 Å². The average Bonchev–Trinajstić information content (AvgIpc) is 3.03. The minimum atomic E-state index is 0.0382. The zero-order chi connectivity index (χ0) is 14.7. The molecule has 2 aliphatic rings. The predicted molar refractivity (Wildman–Crippen MR) is 80.8 cm³/mol. The summed E-state index contributed by atoms with van der Waals surface area (Å²) < 4.78 is 0. The number of urea groups is 1. The molecule has 2 heterocycles. The minimum absolute atomic E-state index is 0.0382. The van der Waals surface area contributed by atoms with Gasteiger partial charge in [0.2, 0.25) is 0 Å². The number of rotatable bonds is 2. The number of allylic oxidation sites excluding steroid dienone is 1. The molecule has 1 aliphatic heterocycles. The van der Waals surface area contributed by atoms with Gasteiger partial charge in [-0.15, -0.1) is 0 Å². The number of aromatic amines is 1. The summed E-state index contributed by atoms with van der Waals surface area (Å²) in [6, 6.07) is 0.366. The quantitative estimate of drug-likeness (QED) is 0.811. The lowest BCUT2D eigenvalue weighted by Crippen LogP contribution is -2.53. The summed E-state index contributed by atoms with van der Waals surface area (Å²) >= 11 is 0. The van der Waals surface area contributed by atoms with Crippen molar-refractivity contribution in [2.75, 3.05) is 26.7 Å². The van der Waals surface area contributed by atoms with Crippen molar-refractivity contribution in [3.05, 3.63) is 30.4 Å². The number of nitrogens with zero attached hydrogens (tertiary/aromatic N) is 3. The summed E-state index contributed by atoms with van der Waals surface area (Å²) in [6.07, 6.45) is 11.2. The van der Waals surface area contributed by atoms with Crippen LogP contribution in [0.4, 0.5) is 4.79 Å². The van der Waals surface area contributed by atoms with Crippen LogP contribution in [-0.4, -0.2) is 58.5 Å². The first kappa shape index (κ1) is 14.1. The molecule has 1 aromatic heterocycles. The fourth-order valence-corrected chi connectivity index (χ4v) is 3.00. The Kier molecular flexibility index (Phi) is 4.24. The van der Waals surface area contributed by atoms with Crippen molar-refractivity contribution in [3.63, 3.8) is 0 Å². The number of aromatic nitrogens is 2. The third kappa shape index (κ3) is 3.26. The summed E-state index contributed by atoms with van der Waals surface area (Å²) in [5.74, 6) is 0.924. The van der Waals surface area contributed by atoms with E-state index in [2.05, 4.69) is 39.4 Å². The van der Waals surface area contributed by atoms with Crippen LogP contribution in [0.1, 0.15) is 31.1 Å². The number of amides is 2. The van der Waals surface area contributed by atoms with E-state index in [1.54, 1.807) is 6.20 Å². The molecule has 21 heavy (non-hydrogen) atoms. The molecule has 0 saturated carbocycles. The smallest absolute Gasteiger partial charge is 0.317 e. The number of hydrogen-bond acceptors (Lipinski definition) is 3.